The van der Waals surface area contributed by atoms with E-state index in [1.807, 2.05) is 18.4 Å². The van der Waals surface area contributed by atoms with Crippen molar-refractivity contribution in [2.24, 2.45) is 5.41 Å². The Morgan fingerprint density at radius 3 is 2.48 bits per heavy atom. The van der Waals surface area contributed by atoms with Crippen molar-refractivity contribution in [3.8, 4) is 0 Å². The summed E-state index contributed by atoms with van der Waals surface area (Å²) in [6.45, 7) is 0. The summed E-state index contributed by atoms with van der Waals surface area (Å²) >= 11 is 1.47. The van der Waals surface area contributed by atoms with E-state index in [2.05, 4.69) is 5.32 Å². The van der Waals surface area contributed by atoms with E-state index in [0.29, 0.717) is 18.5 Å². The molecule has 21 heavy (non-hydrogen) atoms. The van der Waals surface area contributed by atoms with Crippen LogP contribution in [0.5, 0.6) is 0 Å². The molecule has 1 aromatic carbocycles. The van der Waals surface area contributed by atoms with Crippen LogP contribution in [0, 0.1) is 5.41 Å². The Kier molecular flexibility index (Phi) is 3.49. The standard InChI is InChI=1S/C15H16N2O3S/c1-21-11-7-3-2-6-10(11)17-13(19)15(8-4-5-9-15)12(18)16-14(17)20/h2-3,6-7H,4-5,8-9H2,1H3,(H,16,18,20). The molecule has 5 nitrogen and oxygen atoms in total. The number of urea groups is 1. The van der Waals surface area contributed by atoms with Crippen LogP contribution in [0.2, 0.25) is 0 Å². The maximum Gasteiger partial charge on any atom is 0.335 e. The first-order chi connectivity index (χ1) is 10.1. The van der Waals surface area contributed by atoms with Crippen molar-refractivity contribution in [1.29, 1.82) is 0 Å². The number of amides is 4. The number of benzene rings is 1. The predicted octanol–water partition coefficient (Wildman–Crippen LogP) is 2.55. The van der Waals surface area contributed by atoms with Gasteiger partial charge in [0.2, 0.25) is 5.91 Å². The number of thioether (sulfide) groups is 1. The third kappa shape index (κ3) is 2.05. The van der Waals surface area contributed by atoms with E-state index in [1.54, 1.807) is 12.1 Å². The van der Waals surface area contributed by atoms with Crippen molar-refractivity contribution in [3.05, 3.63) is 24.3 Å². The maximum absolute atomic E-state index is 12.9. The van der Waals surface area contributed by atoms with Gasteiger partial charge in [0.15, 0.2) is 0 Å². The molecule has 0 bridgehead atoms. The quantitative estimate of drug-likeness (QED) is 0.673. The molecule has 0 radical (unpaired) electrons. The van der Waals surface area contributed by atoms with Crippen LogP contribution < -0.4 is 10.2 Å². The molecular weight excluding hydrogens is 288 g/mol. The number of anilines is 1. The fourth-order valence-corrected chi connectivity index (χ4v) is 3.71. The summed E-state index contributed by atoms with van der Waals surface area (Å²) < 4.78 is 0. The Bertz CT molecular complexity index is 623. The normalized spacial score (nSPS) is 21.0. The van der Waals surface area contributed by atoms with E-state index < -0.39 is 17.4 Å². The van der Waals surface area contributed by atoms with Crippen molar-refractivity contribution in [3.63, 3.8) is 0 Å². The number of imide groups is 2. The van der Waals surface area contributed by atoms with Crippen LogP contribution in [0.3, 0.4) is 0 Å². The molecule has 4 amide bonds. The lowest BCUT2D eigenvalue weighted by Gasteiger charge is -2.37. The fourth-order valence-electron chi connectivity index (χ4n) is 3.13. The van der Waals surface area contributed by atoms with Crippen LogP contribution in [0.4, 0.5) is 10.5 Å². The summed E-state index contributed by atoms with van der Waals surface area (Å²) in [7, 11) is 0. The molecule has 0 unspecified atom stereocenters. The molecule has 1 heterocycles. The Hall–Kier alpha value is -1.82. The minimum Gasteiger partial charge on any atom is -0.276 e. The van der Waals surface area contributed by atoms with Crippen molar-refractivity contribution >= 4 is 35.3 Å². The predicted molar refractivity (Wildman–Crippen MR) is 80.1 cm³/mol. The Morgan fingerprint density at radius 2 is 1.81 bits per heavy atom. The van der Waals surface area contributed by atoms with Crippen molar-refractivity contribution in [2.45, 2.75) is 30.6 Å². The van der Waals surface area contributed by atoms with E-state index in [4.69, 9.17) is 0 Å². The topological polar surface area (TPSA) is 66.5 Å². The van der Waals surface area contributed by atoms with Crippen LogP contribution in [0.15, 0.2) is 29.2 Å². The first-order valence-corrected chi connectivity index (χ1v) is 8.15. The van der Waals surface area contributed by atoms with Gasteiger partial charge in [0.25, 0.3) is 5.91 Å². The molecule has 1 N–H and O–H groups in total. The molecule has 1 aromatic rings. The highest BCUT2D eigenvalue weighted by Crippen LogP contribution is 2.43. The van der Waals surface area contributed by atoms with Crippen molar-refractivity contribution < 1.29 is 14.4 Å². The lowest BCUT2D eigenvalue weighted by molar-refractivity contribution is -0.142. The van der Waals surface area contributed by atoms with Crippen LogP contribution in [-0.4, -0.2) is 24.1 Å². The molecule has 1 saturated heterocycles. The zero-order chi connectivity index (χ0) is 15.0. The number of barbiturate groups is 1. The van der Waals surface area contributed by atoms with Gasteiger partial charge in [-0.2, -0.15) is 0 Å². The third-order valence-corrected chi connectivity index (χ3v) is 5.04. The van der Waals surface area contributed by atoms with Gasteiger partial charge in [0.05, 0.1) is 5.69 Å². The Balaban J connectivity index is 2.07. The van der Waals surface area contributed by atoms with Crippen molar-refractivity contribution in [1.82, 2.24) is 5.32 Å². The number of nitrogens with one attached hydrogen (secondary N) is 1. The highest BCUT2D eigenvalue weighted by atomic mass is 32.2. The van der Waals surface area contributed by atoms with Crippen LogP contribution in [0.1, 0.15) is 25.7 Å². The fraction of sp³-hybridized carbons (Fsp3) is 0.400. The second-order valence-electron chi connectivity index (χ2n) is 5.36. The molecule has 0 atom stereocenters. The van der Waals surface area contributed by atoms with Crippen LogP contribution in [-0.2, 0) is 9.59 Å². The minimum absolute atomic E-state index is 0.379. The summed E-state index contributed by atoms with van der Waals surface area (Å²) in [6.07, 6.45) is 4.60. The summed E-state index contributed by atoms with van der Waals surface area (Å²) in [6, 6.07) is 6.59. The lowest BCUT2D eigenvalue weighted by atomic mass is 9.82. The molecule has 1 saturated carbocycles. The van der Waals surface area contributed by atoms with Gasteiger partial charge < -0.3 is 0 Å². The summed E-state index contributed by atoms with van der Waals surface area (Å²) in [5.74, 6) is -0.817. The molecule has 2 fully saturated rings. The van der Waals surface area contributed by atoms with Gasteiger partial charge in [0.1, 0.15) is 5.41 Å². The lowest BCUT2D eigenvalue weighted by Crippen LogP contribution is -2.63. The number of rotatable bonds is 2. The average molecular weight is 304 g/mol. The monoisotopic (exact) mass is 304 g/mol. The SMILES string of the molecule is CSc1ccccc1N1C(=O)NC(=O)C2(CCCC2)C1=O. The molecule has 1 aliphatic heterocycles. The van der Waals surface area contributed by atoms with E-state index in [0.717, 1.165) is 22.6 Å². The van der Waals surface area contributed by atoms with Gasteiger partial charge in [-0.1, -0.05) is 25.0 Å². The van der Waals surface area contributed by atoms with Gasteiger partial charge in [-0.05, 0) is 31.2 Å². The third-order valence-electron chi connectivity index (χ3n) is 4.25. The molecule has 0 aromatic heterocycles. The number of hydrogen-bond donors (Lipinski definition) is 1. The Morgan fingerprint density at radius 1 is 1.14 bits per heavy atom. The van der Waals surface area contributed by atoms with E-state index in [9.17, 15) is 14.4 Å². The minimum atomic E-state index is -1.06. The average Bonchev–Trinajstić information content (AvgIpc) is 2.97. The van der Waals surface area contributed by atoms with E-state index in [-0.39, 0.29) is 5.91 Å². The summed E-state index contributed by atoms with van der Waals surface area (Å²) in [4.78, 5) is 39.2. The Labute approximate surface area is 127 Å². The molecule has 1 aliphatic carbocycles. The second kappa shape index (κ2) is 5.18. The molecule has 110 valence electrons. The van der Waals surface area contributed by atoms with E-state index >= 15 is 0 Å². The van der Waals surface area contributed by atoms with E-state index in [1.165, 1.54) is 11.8 Å². The molecule has 3 rings (SSSR count). The van der Waals surface area contributed by atoms with Gasteiger partial charge in [0, 0.05) is 4.90 Å². The van der Waals surface area contributed by atoms with Gasteiger partial charge in [-0.25, -0.2) is 9.69 Å². The van der Waals surface area contributed by atoms with Crippen LogP contribution >= 0.6 is 11.8 Å². The summed E-state index contributed by atoms with van der Waals surface area (Å²) in [5.41, 5.74) is -0.509. The van der Waals surface area contributed by atoms with Crippen LogP contribution in [0.25, 0.3) is 0 Å². The second-order valence-corrected chi connectivity index (χ2v) is 6.21. The number of carbonyl (C=O) groups is 3. The first kappa shape index (κ1) is 14.1. The smallest absolute Gasteiger partial charge is 0.276 e. The summed E-state index contributed by atoms with van der Waals surface area (Å²) in [5, 5.41) is 2.36. The van der Waals surface area contributed by atoms with Gasteiger partial charge in [-0.15, -0.1) is 11.8 Å². The van der Waals surface area contributed by atoms with Gasteiger partial charge >= 0.3 is 6.03 Å². The highest BCUT2D eigenvalue weighted by molar-refractivity contribution is 7.98. The molecule has 1 spiro atoms. The number of nitrogens with zero attached hydrogens (tertiary/aromatic N) is 1. The first-order valence-electron chi connectivity index (χ1n) is 6.93. The highest BCUT2D eigenvalue weighted by Gasteiger charge is 2.55. The zero-order valence-corrected chi connectivity index (χ0v) is 12.5. The van der Waals surface area contributed by atoms with Gasteiger partial charge in [-0.3, -0.25) is 14.9 Å². The number of hydrogen-bond acceptors (Lipinski definition) is 4. The molecular formula is C15H16N2O3S. The number of para-hydroxylation sites is 1. The maximum atomic E-state index is 12.9. The largest absolute Gasteiger partial charge is 0.335 e. The molecule has 6 heteroatoms. The van der Waals surface area contributed by atoms with Crippen molar-refractivity contribution in [2.75, 3.05) is 11.2 Å². The molecule has 2 aliphatic rings. The number of carbonyl (C=O) groups excluding carboxylic acids is 3. The zero-order valence-electron chi connectivity index (χ0n) is 11.7.